The monoisotopic (exact) mass is 694 g/mol. The van der Waals surface area contributed by atoms with Gasteiger partial charge in [0.05, 0.1) is 17.6 Å². The number of carbonyl (C=O) groups excluding carboxylic acids is 1. The van der Waals surface area contributed by atoms with Gasteiger partial charge in [-0.15, -0.1) is 5.10 Å². The number of nitrogens with zero attached hydrogens (tertiary/aromatic N) is 9. The number of hydrazine groups is 1. The summed E-state index contributed by atoms with van der Waals surface area (Å²) >= 11 is -2.82. The van der Waals surface area contributed by atoms with Gasteiger partial charge >= 0.3 is 6.18 Å². The Balaban J connectivity index is 1.42. The van der Waals surface area contributed by atoms with Gasteiger partial charge in [-0.25, -0.2) is 19.3 Å². The predicted octanol–water partition coefficient (Wildman–Crippen LogP) is 5.90. The van der Waals surface area contributed by atoms with E-state index in [1.54, 1.807) is 0 Å². The highest BCUT2D eigenvalue weighted by atomic mass is 32.2. The van der Waals surface area contributed by atoms with Gasteiger partial charge in [-0.05, 0) is 88.1 Å². The summed E-state index contributed by atoms with van der Waals surface area (Å²) in [5.74, 6) is -1.33. The lowest BCUT2D eigenvalue weighted by Crippen LogP contribution is -2.45. The number of ether oxygens (including phenoxy) is 1. The number of hydrogen-bond donors (Lipinski definition) is 2. The first-order valence-electron chi connectivity index (χ1n) is 15.1. The summed E-state index contributed by atoms with van der Waals surface area (Å²) in [6.45, 7) is 4.62. The van der Waals surface area contributed by atoms with Gasteiger partial charge in [-0.1, -0.05) is 11.2 Å². The maximum Gasteiger partial charge on any atom is 0.394 e. The van der Waals surface area contributed by atoms with Crippen LogP contribution in [0, 0.1) is 17.3 Å². The first-order valence-corrected chi connectivity index (χ1v) is 16.2. The predicted molar refractivity (Wildman–Crippen MR) is 167 cm³/mol. The minimum absolute atomic E-state index is 0.0268. The average molecular weight is 695 g/mol. The number of carbonyl (C=O) groups is 1. The molecule has 3 aromatic heterocycles. The molecule has 0 bridgehead atoms. The van der Waals surface area contributed by atoms with E-state index in [0.717, 1.165) is 18.9 Å². The molecule has 1 aliphatic carbocycles. The van der Waals surface area contributed by atoms with Gasteiger partial charge < -0.3 is 9.64 Å². The SMILES string of the molecule is CC1(C)CC(CCCN=[N+]=[N-])CN1c1nc(-n2ccc(OCCC3(C(F)(F)F)CC3)n2)ccc1C(=O)NN(c1cccc(F)n1)S(=O)O. The molecule has 3 aromatic rings. The second-order valence-corrected chi connectivity index (χ2v) is 13.2. The fourth-order valence-electron chi connectivity index (χ4n) is 5.93. The molecule has 14 nitrogen and oxygen atoms in total. The standard InChI is InChI=1S/C29H34F4N10O4S/c1-27(2)17-19(5-4-14-35-40-34)18-41(27)25-20(26(44)39-43(48(45)46)23-7-3-6-21(30)36-23)8-9-22(37-25)42-15-10-24(38-42)47-16-13-28(11-12-28)29(31,32)33/h3,6-10,15,19H,4-5,11-14,16-18H2,1-2H3,(H,39,44)(H,45,46). The Morgan fingerprint density at radius 1 is 1.25 bits per heavy atom. The molecule has 1 amide bonds. The molecule has 0 spiro atoms. The maximum absolute atomic E-state index is 13.8. The number of halogens is 4. The second-order valence-electron chi connectivity index (χ2n) is 12.4. The van der Waals surface area contributed by atoms with E-state index in [2.05, 4.69) is 25.5 Å². The molecule has 0 aromatic carbocycles. The van der Waals surface area contributed by atoms with Crippen LogP contribution in [0.5, 0.6) is 5.88 Å². The lowest BCUT2D eigenvalue weighted by molar-refractivity contribution is -0.190. The summed E-state index contributed by atoms with van der Waals surface area (Å²) in [6, 6.07) is 7.99. The van der Waals surface area contributed by atoms with Crippen molar-refractivity contribution >= 4 is 28.8 Å². The summed E-state index contributed by atoms with van der Waals surface area (Å²) in [6.07, 6.45) is -0.651. The second kappa shape index (κ2) is 13.9. The van der Waals surface area contributed by atoms with Crippen molar-refractivity contribution in [1.29, 1.82) is 0 Å². The summed E-state index contributed by atoms with van der Waals surface area (Å²) in [7, 11) is 0. The molecule has 258 valence electrons. The van der Waals surface area contributed by atoms with Crippen molar-refractivity contribution in [3.63, 3.8) is 0 Å². The molecule has 2 N–H and O–H groups in total. The van der Waals surface area contributed by atoms with Crippen LogP contribution in [0.25, 0.3) is 16.3 Å². The third-order valence-electron chi connectivity index (χ3n) is 8.61. The molecule has 2 fully saturated rings. The van der Waals surface area contributed by atoms with Crippen molar-refractivity contribution < 1.29 is 35.9 Å². The van der Waals surface area contributed by atoms with E-state index in [4.69, 9.17) is 15.3 Å². The quantitative estimate of drug-likeness (QED) is 0.0307. The van der Waals surface area contributed by atoms with Gasteiger partial charge in [0.15, 0.2) is 11.6 Å². The van der Waals surface area contributed by atoms with Gasteiger partial charge in [-0.3, -0.25) is 9.35 Å². The fourth-order valence-corrected chi connectivity index (χ4v) is 6.35. The normalized spacial score (nSPS) is 18.6. The number of anilines is 2. The maximum atomic E-state index is 13.8. The van der Waals surface area contributed by atoms with E-state index in [1.165, 1.54) is 41.2 Å². The Morgan fingerprint density at radius 3 is 2.69 bits per heavy atom. The average Bonchev–Trinajstić information content (AvgIpc) is 3.58. The summed E-state index contributed by atoms with van der Waals surface area (Å²) in [5.41, 5.74) is 8.75. The fraction of sp³-hybridized carbons (Fsp3) is 0.517. The number of nitrogens with one attached hydrogen (secondary N) is 1. The minimum Gasteiger partial charge on any atom is -0.477 e. The summed E-state index contributed by atoms with van der Waals surface area (Å²) in [5, 5.41) is 7.92. The highest BCUT2D eigenvalue weighted by Gasteiger charge is 2.62. The third kappa shape index (κ3) is 7.79. The molecule has 2 unspecified atom stereocenters. The summed E-state index contributed by atoms with van der Waals surface area (Å²) in [4.78, 5) is 26.8. The molecule has 1 aliphatic heterocycles. The third-order valence-corrected chi connectivity index (χ3v) is 9.20. The molecule has 0 radical (unpaired) electrons. The van der Waals surface area contributed by atoms with Gasteiger partial charge in [-0.2, -0.15) is 27.0 Å². The number of hydrogen-bond acceptors (Lipinski definition) is 8. The van der Waals surface area contributed by atoms with Crippen LogP contribution in [0.2, 0.25) is 0 Å². The number of azide groups is 1. The van der Waals surface area contributed by atoms with Crippen LogP contribution >= 0.6 is 0 Å². The van der Waals surface area contributed by atoms with Gasteiger partial charge in [0, 0.05) is 35.8 Å². The number of alkyl halides is 3. The van der Waals surface area contributed by atoms with E-state index in [-0.39, 0.29) is 60.7 Å². The van der Waals surface area contributed by atoms with Crippen LogP contribution in [0.4, 0.5) is 29.2 Å². The molecule has 1 saturated heterocycles. The molecular weight excluding hydrogens is 660 g/mol. The van der Waals surface area contributed by atoms with Crippen molar-refractivity contribution in [2.45, 2.75) is 64.1 Å². The Kier molecular flexibility index (Phi) is 10.1. The Labute approximate surface area is 275 Å². The van der Waals surface area contributed by atoms with Crippen LogP contribution in [-0.4, -0.2) is 65.8 Å². The number of amides is 1. The zero-order valence-electron chi connectivity index (χ0n) is 26.1. The van der Waals surface area contributed by atoms with E-state index in [1.807, 2.05) is 18.7 Å². The number of rotatable bonds is 14. The number of aromatic nitrogens is 4. The molecular formula is C29H34F4N10O4S. The van der Waals surface area contributed by atoms with Crippen LogP contribution in [-0.2, 0) is 11.3 Å². The highest BCUT2D eigenvalue weighted by molar-refractivity contribution is 7.80. The topological polar surface area (TPSA) is 174 Å². The number of pyridine rings is 2. The Bertz CT molecular complexity index is 1710. The van der Waals surface area contributed by atoms with Gasteiger partial charge in [0.2, 0.25) is 11.8 Å². The first-order chi connectivity index (χ1) is 22.7. The molecule has 4 heterocycles. The van der Waals surface area contributed by atoms with E-state index in [0.29, 0.717) is 23.9 Å². The van der Waals surface area contributed by atoms with Crippen LogP contribution in [0.1, 0.15) is 62.7 Å². The van der Waals surface area contributed by atoms with Crippen molar-refractivity contribution in [3.05, 3.63) is 64.5 Å². The Morgan fingerprint density at radius 2 is 2.02 bits per heavy atom. The van der Waals surface area contributed by atoms with Crippen LogP contribution < -0.4 is 19.5 Å². The van der Waals surface area contributed by atoms with E-state index < -0.39 is 40.3 Å². The molecule has 5 rings (SSSR count). The minimum atomic E-state index is -4.28. The van der Waals surface area contributed by atoms with E-state index >= 15 is 0 Å². The smallest absolute Gasteiger partial charge is 0.394 e. The highest BCUT2D eigenvalue weighted by Crippen LogP contribution is 2.59. The zero-order chi connectivity index (χ0) is 34.7. The lowest BCUT2D eigenvalue weighted by Gasteiger charge is -2.34. The van der Waals surface area contributed by atoms with Gasteiger partial charge in [0.1, 0.15) is 5.82 Å². The van der Waals surface area contributed by atoms with Crippen molar-refractivity contribution in [1.82, 2.24) is 25.2 Å². The Hall–Kier alpha value is -4.48. The van der Waals surface area contributed by atoms with Crippen molar-refractivity contribution in [2.24, 2.45) is 16.4 Å². The lowest BCUT2D eigenvalue weighted by atomic mass is 9.93. The zero-order valence-corrected chi connectivity index (χ0v) is 26.9. The van der Waals surface area contributed by atoms with Crippen molar-refractivity contribution in [3.8, 4) is 11.7 Å². The van der Waals surface area contributed by atoms with E-state index in [9.17, 15) is 31.1 Å². The molecule has 2 aliphatic rings. The van der Waals surface area contributed by atoms with Crippen LogP contribution in [0.15, 0.2) is 47.7 Å². The molecule has 19 heteroatoms. The summed E-state index contributed by atoms with van der Waals surface area (Å²) < 4.78 is 83.2. The molecule has 1 saturated carbocycles. The first kappa shape index (κ1) is 34.8. The van der Waals surface area contributed by atoms with Crippen molar-refractivity contribution in [2.75, 3.05) is 29.0 Å². The van der Waals surface area contributed by atoms with Gasteiger partial charge in [0.25, 0.3) is 17.2 Å². The molecule has 2 atom stereocenters. The van der Waals surface area contributed by atoms with Crippen LogP contribution in [0.3, 0.4) is 0 Å². The molecule has 48 heavy (non-hydrogen) atoms. The largest absolute Gasteiger partial charge is 0.477 e.